The second-order valence-electron chi connectivity index (χ2n) is 6.47. The van der Waals surface area contributed by atoms with Crippen molar-refractivity contribution >= 4 is 0 Å². The monoisotopic (exact) mass is 285 g/mol. The van der Waals surface area contributed by atoms with E-state index in [0.717, 1.165) is 31.4 Å². The van der Waals surface area contributed by atoms with Gasteiger partial charge in [-0.15, -0.1) is 0 Å². The Kier molecular flexibility index (Phi) is 10.3. The summed E-state index contributed by atoms with van der Waals surface area (Å²) >= 11 is 0. The zero-order chi connectivity index (χ0) is 14.6. The minimum absolute atomic E-state index is 0.360. The van der Waals surface area contributed by atoms with Gasteiger partial charge in [-0.1, -0.05) is 46.0 Å². The van der Waals surface area contributed by atoms with Crippen molar-refractivity contribution in [3.05, 3.63) is 0 Å². The van der Waals surface area contributed by atoms with Gasteiger partial charge in [-0.25, -0.2) is 0 Å². The first-order valence-electron chi connectivity index (χ1n) is 8.70. The van der Waals surface area contributed by atoms with E-state index in [2.05, 4.69) is 19.2 Å². The Labute approximate surface area is 125 Å². The Morgan fingerprint density at radius 3 is 2.50 bits per heavy atom. The summed E-state index contributed by atoms with van der Waals surface area (Å²) in [6.45, 7) is 7.49. The van der Waals surface area contributed by atoms with Gasteiger partial charge in [-0.2, -0.15) is 0 Å². The fraction of sp³-hybridized carbons (Fsp3) is 1.00. The molecule has 3 nitrogen and oxygen atoms in total. The first-order chi connectivity index (χ1) is 9.74. The first-order valence-corrected chi connectivity index (χ1v) is 8.70. The minimum Gasteiger partial charge on any atom is -0.389 e. The minimum atomic E-state index is -0.360. The molecule has 0 spiro atoms. The molecule has 3 heteroatoms. The number of rotatable bonds is 14. The molecule has 0 radical (unpaired) electrons. The zero-order valence-corrected chi connectivity index (χ0v) is 13.6. The maximum atomic E-state index is 9.80. The van der Waals surface area contributed by atoms with Crippen LogP contribution in [0.5, 0.6) is 0 Å². The fourth-order valence-corrected chi connectivity index (χ4v) is 2.57. The Morgan fingerprint density at radius 2 is 1.80 bits per heavy atom. The highest BCUT2D eigenvalue weighted by Gasteiger charge is 2.27. The molecule has 0 aromatic carbocycles. The highest BCUT2D eigenvalue weighted by Crippen LogP contribution is 2.35. The lowest BCUT2D eigenvalue weighted by atomic mass is 10.1. The average molecular weight is 285 g/mol. The lowest BCUT2D eigenvalue weighted by molar-refractivity contribution is 0.0350. The number of aliphatic hydroxyl groups excluding tert-OH is 1. The van der Waals surface area contributed by atoms with E-state index in [0.29, 0.717) is 13.2 Å². The van der Waals surface area contributed by atoms with Crippen LogP contribution >= 0.6 is 0 Å². The topological polar surface area (TPSA) is 41.5 Å². The SMILES string of the molecule is CCCCCCCCOCC(O)CNCC(C)C1CC1. The molecule has 2 N–H and O–H groups in total. The summed E-state index contributed by atoms with van der Waals surface area (Å²) in [5, 5.41) is 13.2. The lowest BCUT2D eigenvalue weighted by Crippen LogP contribution is -2.33. The molecule has 0 aromatic heterocycles. The van der Waals surface area contributed by atoms with Crippen molar-refractivity contribution in [2.45, 2.75) is 71.3 Å². The van der Waals surface area contributed by atoms with Crippen molar-refractivity contribution in [2.24, 2.45) is 11.8 Å². The van der Waals surface area contributed by atoms with Gasteiger partial charge >= 0.3 is 0 Å². The van der Waals surface area contributed by atoms with Crippen molar-refractivity contribution in [1.82, 2.24) is 5.32 Å². The van der Waals surface area contributed by atoms with Gasteiger partial charge in [0.15, 0.2) is 0 Å². The molecule has 2 atom stereocenters. The van der Waals surface area contributed by atoms with Crippen LogP contribution in [0.2, 0.25) is 0 Å². The second-order valence-corrected chi connectivity index (χ2v) is 6.47. The number of hydrogen-bond acceptors (Lipinski definition) is 3. The third-order valence-electron chi connectivity index (χ3n) is 4.23. The van der Waals surface area contributed by atoms with Crippen molar-refractivity contribution in [3.63, 3.8) is 0 Å². The van der Waals surface area contributed by atoms with Crippen LogP contribution in [0.3, 0.4) is 0 Å². The summed E-state index contributed by atoms with van der Waals surface area (Å²) in [6, 6.07) is 0. The van der Waals surface area contributed by atoms with Gasteiger partial charge in [0.1, 0.15) is 0 Å². The zero-order valence-electron chi connectivity index (χ0n) is 13.6. The standard InChI is InChI=1S/C17H35NO2/c1-3-4-5-6-7-8-11-20-14-17(19)13-18-12-15(2)16-9-10-16/h15-19H,3-14H2,1-2H3. The molecule has 0 aromatic rings. The Balaban J connectivity index is 1.78. The number of ether oxygens (including phenoxy) is 1. The van der Waals surface area contributed by atoms with Crippen LogP contribution < -0.4 is 5.32 Å². The summed E-state index contributed by atoms with van der Waals surface area (Å²) in [6.07, 6.45) is 10.1. The number of hydrogen-bond donors (Lipinski definition) is 2. The Bertz CT molecular complexity index is 219. The molecular formula is C17H35NO2. The smallest absolute Gasteiger partial charge is 0.0897 e. The third-order valence-corrected chi connectivity index (χ3v) is 4.23. The number of aliphatic hydroxyl groups is 1. The number of unbranched alkanes of at least 4 members (excludes halogenated alkanes) is 5. The maximum absolute atomic E-state index is 9.80. The average Bonchev–Trinajstić information content (AvgIpc) is 3.26. The van der Waals surface area contributed by atoms with E-state index in [1.54, 1.807) is 0 Å². The van der Waals surface area contributed by atoms with Crippen LogP contribution in [0.1, 0.15) is 65.2 Å². The maximum Gasteiger partial charge on any atom is 0.0897 e. The molecule has 1 aliphatic rings. The van der Waals surface area contributed by atoms with E-state index in [4.69, 9.17) is 4.74 Å². The van der Waals surface area contributed by atoms with Gasteiger partial charge in [-0.3, -0.25) is 0 Å². The predicted octanol–water partition coefficient (Wildman–Crippen LogP) is 3.36. The van der Waals surface area contributed by atoms with Gasteiger partial charge < -0.3 is 15.2 Å². The van der Waals surface area contributed by atoms with Crippen LogP contribution in [-0.2, 0) is 4.74 Å². The molecule has 0 bridgehead atoms. The summed E-state index contributed by atoms with van der Waals surface area (Å²) < 4.78 is 5.53. The van der Waals surface area contributed by atoms with Gasteiger partial charge in [0.05, 0.1) is 12.7 Å². The van der Waals surface area contributed by atoms with Crippen LogP contribution in [0.15, 0.2) is 0 Å². The Morgan fingerprint density at radius 1 is 1.10 bits per heavy atom. The van der Waals surface area contributed by atoms with E-state index >= 15 is 0 Å². The molecule has 0 amide bonds. The predicted molar refractivity (Wildman–Crippen MR) is 85.0 cm³/mol. The van der Waals surface area contributed by atoms with Gasteiger partial charge in [0, 0.05) is 13.2 Å². The van der Waals surface area contributed by atoms with Crippen LogP contribution in [-0.4, -0.2) is 37.5 Å². The molecule has 1 aliphatic carbocycles. The van der Waals surface area contributed by atoms with Gasteiger partial charge in [-0.05, 0) is 37.6 Å². The van der Waals surface area contributed by atoms with Crippen molar-refractivity contribution < 1.29 is 9.84 Å². The molecule has 20 heavy (non-hydrogen) atoms. The molecule has 120 valence electrons. The first kappa shape index (κ1) is 17.9. The molecular weight excluding hydrogens is 250 g/mol. The summed E-state index contributed by atoms with van der Waals surface area (Å²) in [7, 11) is 0. The largest absolute Gasteiger partial charge is 0.389 e. The van der Waals surface area contributed by atoms with E-state index < -0.39 is 0 Å². The van der Waals surface area contributed by atoms with Crippen LogP contribution in [0.4, 0.5) is 0 Å². The highest BCUT2D eigenvalue weighted by molar-refractivity contribution is 4.80. The molecule has 1 rings (SSSR count). The van der Waals surface area contributed by atoms with Crippen LogP contribution in [0, 0.1) is 11.8 Å². The van der Waals surface area contributed by atoms with Crippen molar-refractivity contribution in [1.29, 1.82) is 0 Å². The molecule has 0 saturated heterocycles. The molecule has 2 unspecified atom stereocenters. The second kappa shape index (κ2) is 11.5. The van der Waals surface area contributed by atoms with E-state index in [1.807, 2.05) is 0 Å². The van der Waals surface area contributed by atoms with Gasteiger partial charge in [0.2, 0.25) is 0 Å². The fourth-order valence-electron chi connectivity index (χ4n) is 2.57. The molecule has 0 aliphatic heterocycles. The van der Waals surface area contributed by atoms with E-state index in [9.17, 15) is 5.11 Å². The number of nitrogens with one attached hydrogen (secondary N) is 1. The molecule has 1 saturated carbocycles. The summed E-state index contributed by atoms with van der Waals surface area (Å²) in [5.74, 6) is 1.69. The quantitative estimate of drug-likeness (QED) is 0.481. The normalized spacial score (nSPS) is 18.1. The van der Waals surface area contributed by atoms with Gasteiger partial charge in [0.25, 0.3) is 0 Å². The summed E-state index contributed by atoms with van der Waals surface area (Å²) in [4.78, 5) is 0. The van der Waals surface area contributed by atoms with E-state index in [1.165, 1.54) is 44.9 Å². The third kappa shape index (κ3) is 9.73. The van der Waals surface area contributed by atoms with E-state index in [-0.39, 0.29) is 6.10 Å². The Hall–Kier alpha value is -0.120. The molecule has 0 heterocycles. The summed E-state index contributed by atoms with van der Waals surface area (Å²) in [5.41, 5.74) is 0. The van der Waals surface area contributed by atoms with Crippen molar-refractivity contribution in [3.8, 4) is 0 Å². The highest BCUT2D eigenvalue weighted by atomic mass is 16.5. The van der Waals surface area contributed by atoms with Crippen molar-refractivity contribution in [2.75, 3.05) is 26.3 Å². The molecule has 1 fully saturated rings. The van der Waals surface area contributed by atoms with Crippen LogP contribution in [0.25, 0.3) is 0 Å². The lowest BCUT2D eigenvalue weighted by Gasteiger charge is -2.15.